The summed E-state index contributed by atoms with van der Waals surface area (Å²) in [4.78, 5) is 0. The zero-order valence-corrected chi connectivity index (χ0v) is 35.8. The van der Waals surface area contributed by atoms with Crippen LogP contribution in [0.5, 0.6) is 5.75 Å². The molecule has 0 aliphatic carbocycles. The fourth-order valence-electron chi connectivity index (χ4n) is 6.93. The monoisotopic (exact) mass is 876 g/mol. The van der Waals surface area contributed by atoms with Crippen LogP contribution in [-0.2, 0) is 39.8 Å². The zero-order chi connectivity index (χ0) is 38.5. The van der Waals surface area contributed by atoms with Gasteiger partial charge in [0.1, 0.15) is 18.6 Å². The lowest BCUT2D eigenvalue weighted by Crippen LogP contribution is -2.36. The van der Waals surface area contributed by atoms with Gasteiger partial charge in [0.25, 0.3) is 0 Å². The molecule has 0 spiro atoms. The maximum absolute atomic E-state index is 6.71. The van der Waals surface area contributed by atoms with Crippen molar-refractivity contribution in [3.8, 4) is 5.75 Å². The molecule has 1 aromatic carbocycles. The highest BCUT2D eigenvalue weighted by atomic mass is 79.9. The van der Waals surface area contributed by atoms with E-state index in [1.165, 1.54) is 5.57 Å². The molecule has 300 valence electrons. The fourth-order valence-corrected chi connectivity index (χ4v) is 7.30. The first kappa shape index (κ1) is 44.8. The maximum atomic E-state index is 6.71. The van der Waals surface area contributed by atoms with Crippen LogP contribution in [0, 0.1) is 5.92 Å². The second-order valence-electron chi connectivity index (χ2n) is 14.6. The van der Waals surface area contributed by atoms with Gasteiger partial charge in [-0.05, 0) is 127 Å². The topological polar surface area (TPSA) is 73.8 Å². The molecule has 1 aromatic rings. The molecule has 0 N–H and O–H groups in total. The number of hydrogen-bond donors (Lipinski definition) is 0. The molecule has 0 saturated carbocycles. The molecule has 1 unspecified atom stereocenters. The minimum Gasteiger partial charge on any atom is -0.497 e. The molecule has 1 fully saturated rings. The number of rotatable bonds is 23. The Balaban J connectivity index is 1.42. The van der Waals surface area contributed by atoms with Crippen LogP contribution in [0.3, 0.4) is 0 Å². The maximum Gasteiger partial charge on any atom is 0.158 e. The average molecular weight is 879 g/mol. The molecule has 0 bridgehead atoms. The van der Waals surface area contributed by atoms with Crippen molar-refractivity contribution in [2.45, 2.75) is 128 Å². The van der Waals surface area contributed by atoms with Gasteiger partial charge in [-0.15, -0.1) is 0 Å². The molecule has 3 aliphatic rings. The standard InChI is InChI=1S/C44H62Br2O8/c1-32-23-25-49-39(27-32)19-21-41(51-30-35-15-17-36(48-5)18-16-35)42(54-44-14-6-7-24-50-44)13-9-11-38(52-31-47-4)28-33(2)26-34(3)29-40-12-8-10-37(53-40)20-22-43(45)46/h8-11,15-19,21-23,34,37-42,44H,2,6-7,12-14,20,24-31H2,1,3-5H3/b11-9+,21-19+/t34-,37-,38+,39+,40-,41-,42-,44?/m0/s1. The first-order valence-electron chi connectivity index (χ1n) is 19.4. The van der Waals surface area contributed by atoms with E-state index >= 15 is 0 Å². The highest BCUT2D eigenvalue weighted by molar-refractivity contribution is 9.28. The van der Waals surface area contributed by atoms with E-state index in [1.54, 1.807) is 14.2 Å². The molecule has 0 aromatic heterocycles. The predicted octanol–water partition coefficient (Wildman–Crippen LogP) is 10.8. The van der Waals surface area contributed by atoms with Crippen LogP contribution in [0.25, 0.3) is 0 Å². The first-order valence-corrected chi connectivity index (χ1v) is 21.0. The predicted molar refractivity (Wildman–Crippen MR) is 223 cm³/mol. The smallest absolute Gasteiger partial charge is 0.158 e. The Morgan fingerprint density at radius 1 is 1.06 bits per heavy atom. The molecule has 4 rings (SSSR count). The van der Waals surface area contributed by atoms with Crippen LogP contribution in [0.2, 0.25) is 0 Å². The second kappa shape index (κ2) is 25.4. The van der Waals surface area contributed by atoms with Gasteiger partial charge >= 0.3 is 0 Å². The highest BCUT2D eigenvalue weighted by Gasteiger charge is 2.27. The third-order valence-corrected chi connectivity index (χ3v) is 10.4. The summed E-state index contributed by atoms with van der Waals surface area (Å²) in [7, 11) is 3.32. The molecule has 10 heteroatoms. The lowest BCUT2D eigenvalue weighted by molar-refractivity contribution is -0.206. The summed E-state index contributed by atoms with van der Waals surface area (Å²) in [5.41, 5.74) is 3.53. The molecule has 54 heavy (non-hydrogen) atoms. The van der Waals surface area contributed by atoms with Gasteiger partial charge in [0, 0.05) is 13.7 Å². The average Bonchev–Trinajstić information content (AvgIpc) is 3.16. The highest BCUT2D eigenvalue weighted by Crippen LogP contribution is 2.28. The molecule has 3 heterocycles. The quantitative estimate of drug-likeness (QED) is 0.0795. The van der Waals surface area contributed by atoms with E-state index in [0.717, 1.165) is 71.6 Å². The van der Waals surface area contributed by atoms with Gasteiger partial charge in [0.2, 0.25) is 0 Å². The Labute approximate surface area is 341 Å². The van der Waals surface area contributed by atoms with E-state index in [-0.39, 0.29) is 49.7 Å². The number of methoxy groups -OCH3 is 2. The molecular formula is C44H62Br2O8. The number of ether oxygens (including phenoxy) is 8. The van der Waals surface area contributed by atoms with E-state index in [2.05, 4.69) is 101 Å². The molecular weight excluding hydrogens is 816 g/mol. The minimum atomic E-state index is -0.347. The zero-order valence-electron chi connectivity index (χ0n) is 32.7. The van der Waals surface area contributed by atoms with Gasteiger partial charge in [0.15, 0.2) is 6.29 Å². The summed E-state index contributed by atoms with van der Waals surface area (Å²) in [5, 5.41) is 0. The molecule has 0 radical (unpaired) electrons. The van der Waals surface area contributed by atoms with Crippen molar-refractivity contribution >= 4 is 31.9 Å². The van der Waals surface area contributed by atoms with E-state index < -0.39 is 0 Å². The van der Waals surface area contributed by atoms with Crippen LogP contribution in [0.4, 0.5) is 0 Å². The lowest BCUT2D eigenvalue weighted by atomic mass is 9.91. The van der Waals surface area contributed by atoms with Crippen molar-refractivity contribution in [1.82, 2.24) is 0 Å². The third kappa shape index (κ3) is 17.5. The van der Waals surface area contributed by atoms with Gasteiger partial charge in [-0.25, -0.2) is 0 Å². The summed E-state index contributed by atoms with van der Waals surface area (Å²) < 4.78 is 49.6. The summed E-state index contributed by atoms with van der Waals surface area (Å²) >= 11 is 6.89. The van der Waals surface area contributed by atoms with Crippen molar-refractivity contribution in [2.24, 2.45) is 5.92 Å². The first-order chi connectivity index (χ1) is 26.2. The van der Waals surface area contributed by atoms with Crippen molar-refractivity contribution in [3.63, 3.8) is 0 Å². The summed E-state index contributed by atoms with van der Waals surface area (Å²) in [5.74, 6) is 1.24. The number of hydrogen-bond acceptors (Lipinski definition) is 8. The van der Waals surface area contributed by atoms with Crippen molar-refractivity contribution in [1.29, 1.82) is 0 Å². The largest absolute Gasteiger partial charge is 0.497 e. The fraction of sp³-hybridized carbons (Fsp3) is 0.591. The summed E-state index contributed by atoms with van der Waals surface area (Å²) in [6.45, 7) is 10.8. The summed E-state index contributed by atoms with van der Waals surface area (Å²) in [6.07, 6.45) is 25.1. The molecule has 1 saturated heterocycles. The Hall–Kier alpha value is -1.86. The lowest BCUT2D eigenvalue weighted by Gasteiger charge is -2.31. The van der Waals surface area contributed by atoms with Crippen molar-refractivity contribution < 1.29 is 37.9 Å². The van der Waals surface area contributed by atoms with Crippen LogP contribution < -0.4 is 4.74 Å². The van der Waals surface area contributed by atoms with Crippen LogP contribution >= 0.6 is 31.9 Å². The van der Waals surface area contributed by atoms with Crippen molar-refractivity contribution in [2.75, 3.05) is 34.2 Å². The Bertz CT molecular complexity index is 1380. The van der Waals surface area contributed by atoms with Crippen LogP contribution in [0.15, 0.2) is 94.0 Å². The normalized spacial score (nSPS) is 24.2. The second-order valence-corrected chi connectivity index (χ2v) is 17.3. The van der Waals surface area contributed by atoms with Gasteiger partial charge < -0.3 is 37.9 Å². The van der Waals surface area contributed by atoms with Crippen LogP contribution in [-0.4, -0.2) is 77.1 Å². The van der Waals surface area contributed by atoms with E-state index in [0.29, 0.717) is 38.6 Å². The molecule has 8 atom stereocenters. The SMILES string of the molecule is C=C(C[C@H](C)C[C@@H]1CC=C[C@@H](CC=C(Br)Br)O1)C[C@@H](/C=C/C[C@H](OC1CCCCO1)[C@H](/C=C/[C@@H]1CC(C)=CCO1)OCc1ccc(OC)cc1)OCOC. The van der Waals surface area contributed by atoms with Gasteiger partial charge in [-0.3, -0.25) is 0 Å². The Morgan fingerprint density at radius 3 is 2.61 bits per heavy atom. The number of halogens is 2. The van der Waals surface area contributed by atoms with E-state index in [1.807, 2.05) is 24.3 Å². The van der Waals surface area contributed by atoms with Gasteiger partial charge in [-0.2, -0.15) is 0 Å². The van der Waals surface area contributed by atoms with Gasteiger partial charge in [-0.1, -0.05) is 85.4 Å². The van der Waals surface area contributed by atoms with E-state index in [9.17, 15) is 0 Å². The van der Waals surface area contributed by atoms with Crippen LogP contribution in [0.1, 0.15) is 83.6 Å². The third-order valence-electron chi connectivity index (χ3n) is 9.75. The van der Waals surface area contributed by atoms with Crippen molar-refractivity contribution in [3.05, 3.63) is 99.6 Å². The minimum absolute atomic E-state index is 0.00851. The Kier molecular flexibility index (Phi) is 21.1. The van der Waals surface area contributed by atoms with Gasteiger partial charge in [0.05, 0.1) is 54.2 Å². The van der Waals surface area contributed by atoms with E-state index in [4.69, 9.17) is 37.9 Å². The molecule has 0 amide bonds. The Morgan fingerprint density at radius 2 is 1.89 bits per heavy atom. The molecule has 3 aliphatic heterocycles. The molecule has 8 nitrogen and oxygen atoms in total. The summed E-state index contributed by atoms with van der Waals surface area (Å²) in [6, 6.07) is 7.97. The number of benzene rings is 1.